The van der Waals surface area contributed by atoms with Gasteiger partial charge in [-0.15, -0.1) is 11.8 Å². The van der Waals surface area contributed by atoms with E-state index in [1.165, 1.54) is 18.6 Å². The molecule has 1 saturated heterocycles. The predicted octanol–water partition coefficient (Wildman–Crippen LogP) is 4.08. The molecular formula is C13H17ClOS2. The van der Waals surface area contributed by atoms with Crippen LogP contribution in [0, 0.1) is 0 Å². The van der Waals surface area contributed by atoms with Crippen molar-refractivity contribution in [1.29, 1.82) is 0 Å². The Labute approximate surface area is 116 Å². The fraction of sp³-hybridized carbons (Fsp3) is 0.538. The van der Waals surface area contributed by atoms with Crippen molar-refractivity contribution in [3.63, 3.8) is 0 Å². The molecule has 1 aromatic carbocycles. The quantitative estimate of drug-likeness (QED) is 0.843. The first-order valence-corrected chi connectivity index (χ1v) is 8.35. The lowest BCUT2D eigenvalue weighted by molar-refractivity contribution is 0.190. The van der Waals surface area contributed by atoms with Crippen LogP contribution in [0.1, 0.15) is 19.3 Å². The van der Waals surface area contributed by atoms with Gasteiger partial charge in [0.05, 0.1) is 6.10 Å². The highest BCUT2D eigenvalue weighted by Crippen LogP contribution is 2.30. The summed E-state index contributed by atoms with van der Waals surface area (Å²) in [6.45, 7) is 0. The number of aliphatic hydroxyl groups excluding tert-OH is 1. The summed E-state index contributed by atoms with van der Waals surface area (Å²) in [5.41, 5.74) is 0. The van der Waals surface area contributed by atoms with E-state index < -0.39 is 0 Å². The zero-order chi connectivity index (χ0) is 12.1. The number of thioether (sulfide) groups is 2. The van der Waals surface area contributed by atoms with Crippen molar-refractivity contribution in [1.82, 2.24) is 0 Å². The van der Waals surface area contributed by atoms with Gasteiger partial charge in [-0.05, 0) is 36.8 Å². The van der Waals surface area contributed by atoms with Crippen LogP contribution in [0.2, 0.25) is 5.02 Å². The smallest absolute Gasteiger partial charge is 0.0752 e. The lowest BCUT2D eigenvalue weighted by Gasteiger charge is -2.25. The van der Waals surface area contributed by atoms with Gasteiger partial charge >= 0.3 is 0 Å². The number of benzene rings is 1. The topological polar surface area (TPSA) is 20.2 Å². The van der Waals surface area contributed by atoms with Crippen LogP contribution < -0.4 is 0 Å². The predicted molar refractivity (Wildman–Crippen MR) is 78.3 cm³/mol. The van der Waals surface area contributed by atoms with Crippen molar-refractivity contribution in [3.05, 3.63) is 29.3 Å². The highest BCUT2D eigenvalue weighted by atomic mass is 35.5. The second kappa shape index (κ2) is 6.93. The van der Waals surface area contributed by atoms with Gasteiger partial charge in [-0.2, -0.15) is 11.8 Å². The van der Waals surface area contributed by atoms with Crippen LogP contribution in [0.25, 0.3) is 0 Å². The molecule has 4 heteroatoms. The van der Waals surface area contributed by atoms with Gasteiger partial charge in [0.25, 0.3) is 0 Å². The Bertz CT molecular complexity index is 353. The molecule has 0 spiro atoms. The van der Waals surface area contributed by atoms with Crippen LogP contribution in [0.5, 0.6) is 0 Å². The molecule has 1 aliphatic rings. The Balaban J connectivity index is 1.80. The molecule has 0 saturated carbocycles. The summed E-state index contributed by atoms with van der Waals surface area (Å²) in [6.07, 6.45) is 3.51. The molecule has 0 amide bonds. The minimum absolute atomic E-state index is 0.204. The molecule has 0 bridgehead atoms. The van der Waals surface area contributed by atoms with E-state index in [1.807, 2.05) is 36.0 Å². The van der Waals surface area contributed by atoms with Crippen LogP contribution in [-0.4, -0.2) is 28.0 Å². The Kier molecular flexibility index (Phi) is 5.54. The van der Waals surface area contributed by atoms with Gasteiger partial charge < -0.3 is 5.11 Å². The average Bonchev–Trinajstić information content (AvgIpc) is 2.37. The second-order valence-corrected chi connectivity index (χ2v) is 7.12. The van der Waals surface area contributed by atoms with E-state index >= 15 is 0 Å². The maximum absolute atomic E-state index is 10.1. The molecule has 0 aliphatic carbocycles. The van der Waals surface area contributed by atoms with E-state index in [-0.39, 0.29) is 6.10 Å². The largest absolute Gasteiger partial charge is 0.391 e. The van der Waals surface area contributed by atoms with E-state index in [0.29, 0.717) is 5.25 Å². The van der Waals surface area contributed by atoms with Crippen LogP contribution in [0.4, 0.5) is 0 Å². The van der Waals surface area contributed by atoms with Crippen molar-refractivity contribution in [3.8, 4) is 0 Å². The third kappa shape index (κ3) is 4.40. The molecule has 1 N–H and O–H groups in total. The van der Waals surface area contributed by atoms with Gasteiger partial charge in [0, 0.05) is 20.9 Å². The summed E-state index contributed by atoms with van der Waals surface area (Å²) in [6, 6.07) is 7.82. The third-order valence-corrected chi connectivity index (χ3v) is 5.69. The monoisotopic (exact) mass is 288 g/mol. The van der Waals surface area contributed by atoms with Crippen LogP contribution in [-0.2, 0) is 0 Å². The standard InChI is InChI=1S/C13H17ClOS2/c14-10-4-3-5-11(8-10)17-9-12(15)13-6-1-2-7-16-13/h3-5,8,12-13,15H,1-2,6-7,9H2. The molecule has 17 heavy (non-hydrogen) atoms. The normalized spacial score (nSPS) is 22.4. The van der Waals surface area contributed by atoms with Gasteiger partial charge in [0.2, 0.25) is 0 Å². The molecule has 1 aromatic rings. The molecule has 0 aromatic heterocycles. The number of rotatable bonds is 4. The Morgan fingerprint density at radius 3 is 3.06 bits per heavy atom. The van der Waals surface area contributed by atoms with E-state index in [1.54, 1.807) is 11.8 Å². The minimum atomic E-state index is -0.204. The summed E-state index contributed by atoms with van der Waals surface area (Å²) in [5, 5.41) is 11.3. The minimum Gasteiger partial charge on any atom is -0.391 e. The summed E-state index contributed by atoms with van der Waals surface area (Å²) in [5.74, 6) is 1.96. The second-order valence-electron chi connectivity index (χ2n) is 4.24. The van der Waals surface area contributed by atoms with Gasteiger partial charge in [0.1, 0.15) is 0 Å². The average molecular weight is 289 g/mol. The molecule has 0 radical (unpaired) electrons. The lowest BCUT2D eigenvalue weighted by Crippen LogP contribution is -2.27. The summed E-state index contributed by atoms with van der Waals surface area (Å²) in [7, 11) is 0. The van der Waals surface area contributed by atoms with Gasteiger partial charge in [-0.1, -0.05) is 24.1 Å². The van der Waals surface area contributed by atoms with Crippen molar-refractivity contribution >= 4 is 35.1 Å². The molecular weight excluding hydrogens is 272 g/mol. The van der Waals surface area contributed by atoms with E-state index in [9.17, 15) is 5.11 Å². The molecule has 1 fully saturated rings. The van der Waals surface area contributed by atoms with Gasteiger partial charge in [-0.25, -0.2) is 0 Å². The molecule has 1 heterocycles. The number of halogens is 1. The van der Waals surface area contributed by atoms with Crippen LogP contribution in [0.15, 0.2) is 29.2 Å². The molecule has 1 aliphatic heterocycles. The fourth-order valence-electron chi connectivity index (χ4n) is 1.91. The SMILES string of the molecule is OC(CSc1cccc(Cl)c1)C1CCCCS1. The highest BCUT2D eigenvalue weighted by molar-refractivity contribution is 8.00. The fourth-order valence-corrected chi connectivity index (χ4v) is 4.60. The van der Waals surface area contributed by atoms with Crippen molar-refractivity contribution in [2.45, 2.75) is 35.5 Å². The molecule has 94 valence electrons. The molecule has 2 unspecified atom stereocenters. The summed E-state index contributed by atoms with van der Waals surface area (Å²) >= 11 is 9.54. The van der Waals surface area contributed by atoms with E-state index in [4.69, 9.17) is 11.6 Å². The first-order valence-electron chi connectivity index (χ1n) is 5.94. The van der Waals surface area contributed by atoms with Gasteiger partial charge in [-0.3, -0.25) is 0 Å². The summed E-state index contributed by atoms with van der Waals surface area (Å²) in [4.78, 5) is 1.14. The lowest BCUT2D eigenvalue weighted by atomic mass is 10.1. The molecule has 1 nitrogen and oxygen atoms in total. The van der Waals surface area contributed by atoms with E-state index in [0.717, 1.165) is 22.1 Å². The van der Waals surface area contributed by atoms with Crippen LogP contribution >= 0.6 is 35.1 Å². The Morgan fingerprint density at radius 2 is 2.35 bits per heavy atom. The maximum atomic E-state index is 10.1. The zero-order valence-electron chi connectivity index (χ0n) is 9.64. The van der Waals surface area contributed by atoms with Crippen LogP contribution in [0.3, 0.4) is 0 Å². The van der Waals surface area contributed by atoms with E-state index in [2.05, 4.69) is 0 Å². The summed E-state index contributed by atoms with van der Waals surface area (Å²) < 4.78 is 0. The Hall–Kier alpha value is 0.170. The van der Waals surface area contributed by atoms with Gasteiger partial charge in [0.15, 0.2) is 0 Å². The number of aliphatic hydroxyl groups is 1. The molecule has 2 atom stereocenters. The Morgan fingerprint density at radius 1 is 1.47 bits per heavy atom. The van der Waals surface area contributed by atoms with Crippen molar-refractivity contribution in [2.75, 3.05) is 11.5 Å². The highest BCUT2D eigenvalue weighted by Gasteiger charge is 2.22. The maximum Gasteiger partial charge on any atom is 0.0752 e. The first kappa shape index (κ1) is 13.6. The number of hydrogen-bond acceptors (Lipinski definition) is 3. The zero-order valence-corrected chi connectivity index (χ0v) is 12.0. The first-order chi connectivity index (χ1) is 8.25. The van der Waals surface area contributed by atoms with Crippen molar-refractivity contribution in [2.24, 2.45) is 0 Å². The molecule has 2 rings (SSSR count). The number of hydrogen-bond donors (Lipinski definition) is 1. The van der Waals surface area contributed by atoms with Crippen molar-refractivity contribution < 1.29 is 5.11 Å². The third-order valence-electron chi connectivity index (χ3n) is 2.86.